The maximum Gasteiger partial charge on any atom is 0.416 e. The summed E-state index contributed by atoms with van der Waals surface area (Å²) in [4.78, 5) is 14.4. The first-order valence-electron chi connectivity index (χ1n) is 16.8. The highest BCUT2D eigenvalue weighted by Gasteiger charge is 2.31. The average molecular weight is 656 g/mol. The molecule has 4 aromatic carbocycles. The Morgan fingerprint density at radius 1 is 0.776 bits per heavy atom. The topological polar surface area (TPSA) is 40.5 Å². The van der Waals surface area contributed by atoms with Crippen molar-refractivity contribution >= 4 is 22.9 Å². The summed E-state index contributed by atoms with van der Waals surface area (Å²) in [7, 11) is 0. The van der Waals surface area contributed by atoms with Gasteiger partial charge in [-0.1, -0.05) is 158 Å². The number of carbonyl (C=O) groups is 1. The molecule has 0 aliphatic heterocycles. The predicted octanol–water partition coefficient (Wildman–Crippen LogP) is 13.2. The van der Waals surface area contributed by atoms with Gasteiger partial charge in [-0.15, -0.1) is 0 Å². The number of aryl methyl sites for hydroxylation is 1. The molecule has 0 bridgehead atoms. The van der Waals surface area contributed by atoms with Crippen LogP contribution in [0.15, 0.2) is 133 Å². The van der Waals surface area contributed by atoms with Crippen molar-refractivity contribution in [3.8, 4) is 11.1 Å². The molecule has 4 aromatic rings. The first-order chi connectivity index (χ1) is 23.0. The number of nitrogens with zero attached hydrogens (tertiary/aromatic N) is 1. The standard InChI is InChI=1S/C45H50FNO2/c1-30-20-14-15-24-37(30)41(45(8,9)10)42(34-21-12-11-13-22-34)47(43(48)49)32(3)29-35(46)28-31(2)36-23-16-18-26-39(36)40-27-19-17-25-38(40)33(4)44(5,6)7/h11-29,31H,4H2,1-3,5-10H3,(H,48,49)/b32-29+,35-28-,42-41-. The highest BCUT2D eigenvalue weighted by Crippen LogP contribution is 2.44. The van der Waals surface area contributed by atoms with Crippen molar-refractivity contribution in [2.24, 2.45) is 10.8 Å². The molecule has 0 aliphatic carbocycles. The summed E-state index contributed by atoms with van der Waals surface area (Å²) in [6, 6.07) is 33.7. The number of amides is 1. The summed E-state index contributed by atoms with van der Waals surface area (Å²) in [6.45, 7) is 22.7. The van der Waals surface area contributed by atoms with Crippen LogP contribution in [-0.4, -0.2) is 16.1 Å². The van der Waals surface area contributed by atoms with E-state index in [1.807, 2.05) is 98.8 Å². The fourth-order valence-electron chi connectivity index (χ4n) is 6.31. The Hall–Kier alpha value is -4.96. The third kappa shape index (κ3) is 8.56. The van der Waals surface area contributed by atoms with Crippen LogP contribution in [0.5, 0.6) is 0 Å². The largest absolute Gasteiger partial charge is 0.464 e. The van der Waals surface area contributed by atoms with Crippen molar-refractivity contribution in [3.05, 3.63) is 161 Å². The van der Waals surface area contributed by atoms with Gasteiger partial charge < -0.3 is 5.11 Å². The van der Waals surface area contributed by atoms with E-state index in [1.54, 1.807) is 13.0 Å². The van der Waals surface area contributed by atoms with Gasteiger partial charge in [0.25, 0.3) is 0 Å². The Balaban J connectivity index is 1.85. The molecule has 254 valence electrons. The van der Waals surface area contributed by atoms with Gasteiger partial charge in [-0.3, -0.25) is 0 Å². The average Bonchev–Trinajstić information content (AvgIpc) is 3.04. The molecular formula is C45H50FNO2. The van der Waals surface area contributed by atoms with Gasteiger partial charge in [0.1, 0.15) is 5.83 Å². The highest BCUT2D eigenvalue weighted by molar-refractivity contribution is 5.98. The summed E-state index contributed by atoms with van der Waals surface area (Å²) in [5, 5.41) is 10.8. The second-order valence-electron chi connectivity index (χ2n) is 14.8. The summed E-state index contributed by atoms with van der Waals surface area (Å²) in [6.07, 6.45) is 1.69. The molecule has 0 radical (unpaired) electrons. The zero-order valence-electron chi connectivity index (χ0n) is 30.4. The lowest BCUT2D eigenvalue weighted by molar-refractivity contribution is 0.175. The number of rotatable bonds is 9. The lowest BCUT2D eigenvalue weighted by Crippen LogP contribution is -2.29. The van der Waals surface area contributed by atoms with Crippen LogP contribution in [-0.2, 0) is 0 Å². The molecule has 1 atom stereocenters. The Morgan fingerprint density at radius 3 is 1.88 bits per heavy atom. The summed E-state index contributed by atoms with van der Waals surface area (Å²) in [5.74, 6) is -0.824. The molecule has 4 heteroatoms. The van der Waals surface area contributed by atoms with Crippen LogP contribution in [0.3, 0.4) is 0 Å². The summed E-state index contributed by atoms with van der Waals surface area (Å²) >= 11 is 0. The molecule has 1 unspecified atom stereocenters. The molecule has 49 heavy (non-hydrogen) atoms. The van der Waals surface area contributed by atoms with E-state index in [2.05, 4.69) is 66.3 Å². The normalized spacial score (nSPS) is 13.8. The fourth-order valence-corrected chi connectivity index (χ4v) is 6.31. The van der Waals surface area contributed by atoms with Gasteiger partial charge in [-0.2, -0.15) is 0 Å². The van der Waals surface area contributed by atoms with Crippen LogP contribution >= 0.6 is 0 Å². The van der Waals surface area contributed by atoms with Crippen molar-refractivity contribution in [3.63, 3.8) is 0 Å². The molecule has 1 amide bonds. The predicted molar refractivity (Wildman–Crippen MR) is 205 cm³/mol. The maximum atomic E-state index is 16.1. The van der Waals surface area contributed by atoms with E-state index in [0.29, 0.717) is 5.70 Å². The lowest BCUT2D eigenvalue weighted by Gasteiger charge is -2.33. The Labute approximate surface area is 292 Å². The number of hydrogen-bond donors (Lipinski definition) is 1. The van der Waals surface area contributed by atoms with E-state index in [0.717, 1.165) is 50.1 Å². The van der Waals surface area contributed by atoms with Crippen LogP contribution in [0, 0.1) is 17.8 Å². The van der Waals surface area contributed by atoms with E-state index in [9.17, 15) is 9.90 Å². The first kappa shape index (κ1) is 36.9. The van der Waals surface area contributed by atoms with Gasteiger partial charge in [0, 0.05) is 11.6 Å². The molecule has 4 rings (SSSR count). The number of carboxylic acid groups (broad SMARTS) is 1. The number of hydrogen-bond acceptors (Lipinski definition) is 1. The molecule has 0 saturated carbocycles. The molecule has 0 aliphatic rings. The van der Waals surface area contributed by atoms with Gasteiger partial charge in [0.15, 0.2) is 0 Å². The molecule has 0 aromatic heterocycles. The minimum Gasteiger partial charge on any atom is -0.464 e. The molecular weight excluding hydrogens is 605 g/mol. The molecule has 0 saturated heterocycles. The third-order valence-corrected chi connectivity index (χ3v) is 8.87. The summed E-state index contributed by atoms with van der Waals surface area (Å²) < 4.78 is 16.1. The highest BCUT2D eigenvalue weighted by atomic mass is 19.1. The summed E-state index contributed by atoms with van der Waals surface area (Å²) in [5.41, 5.74) is 8.86. The fraction of sp³-hybridized carbons (Fsp3) is 0.267. The number of benzene rings is 4. The number of allylic oxidation sites excluding steroid dienone is 6. The van der Waals surface area contributed by atoms with E-state index >= 15 is 4.39 Å². The van der Waals surface area contributed by atoms with Crippen LogP contribution in [0.1, 0.15) is 89.1 Å². The van der Waals surface area contributed by atoms with E-state index in [4.69, 9.17) is 0 Å². The van der Waals surface area contributed by atoms with Crippen molar-refractivity contribution in [2.45, 2.75) is 68.2 Å². The SMILES string of the molecule is C=C(c1ccccc1-c1ccccc1C(C)/C=C(F)/C=C(\C)N(C(=O)O)/C(=C(/c1ccccc1C)C(C)(C)C)c1ccccc1)C(C)(C)C. The maximum absolute atomic E-state index is 16.1. The van der Waals surface area contributed by atoms with E-state index in [-0.39, 0.29) is 17.0 Å². The third-order valence-electron chi connectivity index (χ3n) is 8.87. The Morgan fingerprint density at radius 2 is 1.31 bits per heavy atom. The van der Waals surface area contributed by atoms with Crippen LogP contribution in [0.4, 0.5) is 9.18 Å². The van der Waals surface area contributed by atoms with Crippen LogP contribution in [0.2, 0.25) is 0 Å². The number of halogens is 1. The van der Waals surface area contributed by atoms with E-state index in [1.165, 1.54) is 11.0 Å². The van der Waals surface area contributed by atoms with Gasteiger partial charge in [-0.05, 0) is 86.9 Å². The first-order valence-corrected chi connectivity index (χ1v) is 16.8. The van der Waals surface area contributed by atoms with Crippen molar-refractivity contribution in [1.82, 2.24) is 4.90 Å². The molecule has 3 nitrogen and oxygen atoms in total. The Bertz CT molecular complexity index is 1920. The minimum atomic E-state index is -1.19. The van der Waals surface area contributed by atoms with Crippen molar-refractivity contribution in [2.75, 3.05) is 0 Å². The van der Waals surface area contributed by atoms with Crippen molar-refractivity contribution < 1.29 is 14.3 Å². The van der Waals surface area contributed by atoms with Gasteiger partial charge in [-0.25, -0.2) is 14.1 Å². The smallest absolute Gasteiger partial charge is 0.416 e. The van der Waals surface area contributed by atoms with Gasteiger partial charge >= 0.3 is 6.09 Å². The zero-order chi connectivity index (χ0) is 36.1. The molecule has 0 fully saturated rings. The second-order valence-corrected chi connectivity index (χ2v) is 14.8. The monoisotopic (exact) mass is 655 g/mol. The van der Waals surface area contributed by atoms with Crippen molar-refractivity contribution in [1.29, 1.82) is 0 Å². The van der Waals surface area contributed by atoms with Gasteiger partial charge in [0.2, 0.25) is 0 Å². The Kier molecular flexibility index (Phi) is 11.3. The minimum absolute atomic E-state index is 0.125. The zero-order valence-corrected chi connectivity index (χ0v) is 30.4. The van der Waals surface area contributed by atoms with Crippen LogP contribution < -0.4 is 0 Å². The van der Waals surface area contributed by atoms with E-state index < -0.39 is 17.3 Å². The molecule has 0 spiro atoms. The van der Waals surface area contributed by atoms with Crippen LogP contribution in [0.25, 0.3) is 28.0 Å². The van der Waals surface area contributed by atoms with Gasteiger partial charge in [0.05, 0.1) is 5.70 Å². The molecule has 0 heterocycles. The quantitative estimate of drug-likeness (QED) is 0.144. The second kappa shape index (κ2) is 15.1. The lowest BCUT2D eigenvalue weighted by atomic mass is 9.78. The molecule has 1 N–H and O–H groups in total.